The minimum absolute atomic E-state index is 0.0816. The minimum Gasteiger partial charge on any atom is -0.367 e. The summed E-state index contributed by atoms with van der Waals surface area (Å²) in [6.07, 6.45) is 4.70. The van der Waals surface area contributed by atoms with E-state index < -0.39 is 0 Å². The van der Waals surface area contributed by atoms with Crippen molar-refractivity contribution in [2.75, 3.05) is 5.32 Å². The number of nitrogens with one attached hydrogen (secondary N) is 2. The van der Waals surface area contributed by atoms with Gasteiger partial charge in [-0.2, -0.15) is 0 Å². The molecule has 136 valence electrons. The molecule has 1 fully saturated rings. The molecule has 0 bridgehead atoms. The molecule has 0 atom stereocenters. The van der Waals surface area contributed by atoms with Crippen molar-refractivity contribution in [1.29, 1.82) is 0 Å². The van der Waals surface area contributed by atoms with Crippen molar-refractivity contribution in [1.82, 2.24) is 14.8 Å². The predicted molar refractivity (Wildman–Crippen MR) is 113 cm³/mol. The zero-order valence-electron chi connectivity index (χ0n) is 14.7. The van der Waals surface area contributed by atoms with Gasteiger partial charge in [0.25, 0.3) is 5.56 Å². The fourth-order valence-electron chi connectivity index (χ4n) is 3.98. The van der Waals surface area contributed by atoms with Crippen molar-refractivity contribution >= 4 is 43.6 Å². The number of H-pyrrole nitrogens is 1. The number of anilines is 1. The van der Waals surface area contributed by atoms with E-state index in [0.717, 1.165) is 39.4 Å². The third kappa shape index (κ3) is 2.84. The highest BCUT2D eigenvalue weighted by atomic mass is 79.9. The molecule has 5 rings (SSSR count). The SMILES string of the molecule is O=c1c2c(NC3CCCC3)nc3ccccc3c2[nH]n1-c1cccc(Br)c1. The van der Waals surface area contributed by atoms with Gasteiger partial charge < -0.3 is 5.32 Å². The zero-order valence-corrected chi connectivity index (χ0v) is 16.3. The Labute approximate surface area is 164 Å². The van der Waals surface area contributed by atoms with Crippen LogP contribution < -0.4 is 10.9 Å². The molecular formula is C21H19BrN4O. The summed E-state index contributed by atoms with van der Waals surface area (Å²) in [6, 6.07) is 16.0. The normalized spacial score (nSPS) is 15.0. The molecule has 0 unspecified atom stereocenters. The summed E-state index contributed by atoms with van der Waals surface area (Å²) in [5, 5.41) is 8.44. The van der Waals surface area contributed by atoms with Gasteiger partial charge in [0.1, 0.15) is 11.2 Å². The van der Waals surface area contributed by atoms with Gasteiger partial charge in [0.15, 0.2) is 0 Å². The van der Waals surface area contributed by atoms with Gasteiger partial charge in [0, 0.05) is 15.9 Å². The zero-order chi connectivity index (χ0) is 18.4. The predicted octanol–water partition coefficient (Wildman–Crippen LogP) is 4.98. The van der Waals surface area contributed by atoms with Crippen molar-refractivity contribution in [3.8, 4) is 5.69 Å². The highest BCUT2D eigenvalue weighted by molar-refractivity contribution is 9.10. The maximum atomic E-state index is 13.3. The lowest BCUT2D eigenvalue weighted by Crippen LogP contribution is -2.19. The van der Waals surface area contributed by atoms with Gasteiger partial charge in [-0.05, 0) is 37.1 Å². The van der Waals surface area contributed by atoms with E-state index in [-0.39, 0.29) is 5.56 Å². The fourth-order valence-corrected chi connectivity index (χ4v) is 4.36. The molecule has 0 spiro atoms. The number of fused-ring (bicyclic) bond motifs is 3. The third-order valence-electron chi connectivity index (χ3n) is 5.30. The maximum Gasteiger partial charge on any atom is 0.282 e. The number of pyridine rings is 1. The Kier molecular flexibility index (Phi) is 4.01. The molecule has 0 aliphatic heterocycles. The molecule has 5 nitrogen and oxygen atoms in total. The monoisotopic (exact) mass is 422 g/mol. The third-order valence-corrected chi connectivity index (χ3v) is 5.79. The Balaban J connectivity index is 1.79. The number of halogens is 1. The minimum atomic E-state index is -0.0816. The number of para-hydroxylation sites is 1. The largest absolute Gasteiger partial charge is 0.367 e. The molecular weight excluding hydrogens is 404 g/mol. The lowest BCUT2D eigenvalue weighted by Gasteiger charge is -2.13. The molecule has 27 heavy (non-hydrogen) atoms. The van der Waals surface area contributed by atoms with Crippen LogP contribution >= 0.6 is 15.9 Å². The number of nitrogens with zero attached hydrogens (tertiary/aromatic N) is 2. The number of aromatic amines is 1. The van der Waals surface area contributed by atoms with Crippen LogP contribution in [-0.2, 0) is 0 Å². The van der Waals surface area contributed by atoms with Crippen LogP contribution in [0.25, 0.3) is 27.5 Å². The van der Waals surface area contributed by atoms with Gasteiger partial charge in [-0.15, -0.1) is 0 Å². The van der Waals surface area contributed by atoms with E-state index in [4.69, 9.17) is 4.98 Å². The number of hydrogen-bond acceptors (Lipinski definition) is 3. The molecule has 1 aliphatic carbocycles. The van der Waals surface area contributed by atoms with Gasteiger partial charge in [0.05, 0.1) is 16.7 Å². The summed E-state index contributed by atoms with van der Waals surface area (Å²) in [5.74, 6) is 0.686. The van der Waals surface area contributed by atoms with Crippen LogP contribution in [0.1, 0.15) is 25.7 Å². The van der Waals surface area contributed by atoms with E-state index in [2.05, 4.69) is 26.3 Å². The lowest BCUT2D eigenvalue weighted by atomic mass is 10.1. The first-order chi connectivity index (χ1) is 13.2. The number of rotatable bonds is 3. The second-order valence-electron chi connectivity index (χ2n) is 7.09. The number of aromatic nitrogens is 3. The van der Waals surface area contributed by atoms with Crippen molar-refractivity contribution in [3.05, 3.63) is 63.4 Å². The second kappa shape index (κ2) is 6.53. The van der Waals surface area contributed by atoms with Gasteiger partial charge in [-0.3, -0.25) is 9.89 Å². The molecule has 0 amide bonds. The first-order valence-electron chi connectivity index (χ1n) is 9.27. The Morgan fingerprint density at radius 2 is 1.93 bits per heavy atom. The van der Waals surface area contributed by atoms with E-state index in [1.165, 1.54) is 12.8 Å². The van der Waals surface area contributed by atoms with Gasteiger partial charge >= 0.3 is 0 Å². The second-order valence-corrected chi connectivity index (χ2v) is 8.00. The summed E-state index contributed by atoms with van der Waals surface area (Å²) in [7, 11) is 0. The standard InChI is InChI=1S/C21H19BrN4O/c22-13-6-5-9-15(12-13)26-21(27)18-19(25-26)16-10-3-4-11-17(16)24-20(18)23-14-7-1-2-8-14/h3-6,9-12,14,25H,1-2,7-8H2,(H,23,24). The lowest BCUT2D eigenvalue weighted by molar-refractivity contribution is 0.752. The van der Waals surface area contributed by atoms with Crippen LogP contribution in [-0.4, -0.2) is 20.8 Å². The van der Waals surface area contributed by atoms with Crippen LogP contribution in [0.2, 0.25) is 0 Å². The molecule has 2 aromatic heterocycles. The molecule has 4 aromatic rings. The first kappa shape index (κ1) is 16.6. The van der Waals surface area contributed by atoms with Gasteiger partial charge in [-0.25, -0.2) is 9.67 Å². The summed E-state index contributed by atoms with van der Waals surface area (Å²) in [6.45, 7) is 0. The van der Waals surface area contributed by atoms with E-state index >= 15 is 0 Å². The van der Waals surface area contributed by atoms with Crippen LogP contribution in [0.5, 0.6) is 0 Å². The first-order valence-corrected chi connectivity index (χ1v) is 10.1. The summed E-state index contributed by atoms with van der Waals surface area (Å²) in [5.41, 5.74) is 2.42. The van der Waals surface area contributed by atoms with E-state index in [1.807, 2.05) is 48.5 Å². The molecule has 0 radical (unpaired) electrons. The summed E-state index contributed by atoms with van der Waals surface area (Å²) >= 11 is 3.49. The number of benzene rings is 2. The molecule has 6 heteroatoms. The van der Waals surface area contributed by atoms with Crippen molar-refractivity contribution in [2.24, 2.45) is 0 Å². The van der Waals surface area contributed by atoms with Crippen LogP contribution in [0.15, 0.2) is 57.8 Å². The van der Waals surface area contributed by atoms with Crippen molar-refractivity contribution < 1.29 is 0 Å². The Morgan fingerprint density at radius 1 is 1.11 bits per heavy atom. The Hall–Kier alpha value is -2.60. The molecule has 0 saturated heterocycles. The Morgan fingerprint density at radius 3 is 2.74 bits per heavy atom. The molecule has 2 heterocycles. The van der Waals surface area contributed by atoms with Crippen LogP contribution in [0, 0.1) is 0 Å². The fraction of sp³-hybridized carbons (Fsp3) is 0.238. The van der Waals surface area contributed by atoms with Gasteiger partial charge in [-0.1, -0.05) is 53.0 Å². The van der Waals surface area contributed by atoms with Crippen molar-refractivity contribution in [3.63, 3.8) is 0 Å². The van der Waals surface area contributed by atoms with Crippen molar-refractivity contribution in [2.45, 2.75) is 31.7 Å². The molecule has 1 saturated carbocycles. The van der Waals surface area contributed by atoms with E-state index in [1.54, 1.807) is 4.68 Å². The highest BCUT2D eigenvalue weighted by Crippen LogP contribution is 2.29. The molecule has 2 N–H and O–H groups in total. The topological polar surface area (TPSA) is 62.7 Å². The van der Waals surface area contributed by atoms with Gasteiger partial charge in [0.2, 0.25) is 0 Å². The van der Waals surface area contributed by atoms with E-state index in [9.17, 15) is 4.79 Å². The Bertz CT molecular complexity index is 1200. The van der Waals surface area contributed by atoms with Crippen LogP contribution in [0.4, 0.5) is 5.82 Å². The average Bonchev–Trinajstić information content (AvgIpc) is 3.30. The van der Waals surface area contributed by atoms with E-state index in [0.29, 0.717) is 17.2 Å². The molecule has 1 aliphatic rings. The quantitative estimate of drug-likeness (QED) is 0.489. The highest BCUT2D eigenvalue weighted by Gasteiger charge is 2.21. The molecule has 2 aromatic carbocycles. The maximum absolute atomic E-state index is 13.3. The smallest absolute Gasteiger partial charge is 0.282 e. The number of hydrogen-bond donors (Lipinski definition) is 2. The van der Waals surface area contributed by atoms with Crippen LogP contribution in [0.3, 0.4) is 0 Å². The average molecular weight is 423 g/mol. The summed E-state index contributed by atoms with van der Waals surface area (Å²) < 4.78 is 2.53. The summed E-state index contributed by atoms with van der Waals surface area (Å²) in [4.78, 5) is 18.1.